The fraction of sp³-hybridized carbons (Fsp3) is 0.250. The van der Waals surface area contributed by atoms with Crippen LogP contribution >= 0.6 is 11.6 Å². The molecule has 0 fully saturated rings. The molecule has 0 amide bonds. The van der Waals surface area contributed by atoms with Gasteiger partial charge in [-0.3, -0.25) is 0 Å². The summed E-state index contributed by atoms with van der Waals surface area (Å²) >= 11 is 6.11. The molecule has 0 aliphatic heterocycles. The smallest absolute Gasteiger partial charge is 0.336 e. The van der Waals surface area contributed by atoms with E-state index in [1.54, 1.807) is 24.3 Å². The molecule has 0 unspecified atom stereocenters. The summed E-state index contributed by atoms with van der Waals surface area (Å²) in [6.45, 7) is 6.42. The van der Waals surface area contributed by atoms with Gasteiger partial charge < -0.3 is 9.84 Å². The van der Waals surface area contributed by atoms with E-state index in [1.165, 1.54) is 12.7 Å². The van der Waals surface area contributed by atoms with Crippen molar-refractivity contribution in [1.82, 2.24) is 0 Å². The maximum atomic E-state index is 11.7. The summed E-state index contributed by atoms with van der Waals surface area (Å²) in [6, 6.07) is 12.8. The highest BCUT2D eigenvalue weighted by atomic mass is 35.5. The molecular weight excluding hydrogens is 324 g/mol. The van der Waals surface area contributed by atoms with E-state index in [-0.39, 0.29) is 11.0 Å². The topological polar surface area (TPSA) is 46.5 Å². The minimum absolute atomic E-state index is 0.0569. The molecule has 126 valence electrons. The third-order valence-electron chi connectivity index (χ3n) is 3.78. The molecule has 0 aromatic heterocycles. The monoisotopic (exact) mass is 344 g/mol. The number of benzene rings is 2. The number of halogens is 1. The van der Waals surface area contributed by atoms with Crippen LogP contribution in [0.2, 0.25) is 5.02 Å². The van der Waals surface area contributed by atoms with E-state index in [2.05, 4.69) is 20.8 Å². The molecule has 4 heteroatoms. The third kappa shape index (κ3) is 4.18. The number of hydrogen-bond donors (Lipinski definition) is 1. The van der Waals surface area contributed by atoms with Gasteiger partial charge in [0.1, 0.15) is 5.75 Å². The van der Waals surface area contributed by atoms with Crippen LogP contribution in [-0.2, 0) is 10.2 Å². The summed E-state index contributed by atoms with van der Waals surface area (Å²) in [5.74, 6) is -0.490. The number of carboxylic acids is 1. The average molecular weight is 345 g/mol. The number of methoxy groups -OCH3 is 1. The molecule has 0 bridgehead atoms. The van der Waals surface area contributed by atoms with Crippen LogP contribution in [0, 0.1) is 0 Å². The van der Waals surface area contributed by atoms with Crippen molar-refractivity contribution in [3.05, 3.63) is 64.2 Å². The minimum atomic E-state index is -1.00. The summed E-state index contributed by atoms with van der Waals surface area (Å²) < 4.78 is 5.10. The standard InChI is InChI=1S/C20H21ClO3/c1-20(2,3)15-8-5-13(6-9-15)11-16(19(22)23)14-7-10-18(24-4)17(21)12-14/h5-12H,1-4H3,(H,22,23)/b16-11-. The minimum Gasteiger partial charge on any atom is -0.495 e. The molecule has 0 atom stereocenters. The molecule has 0 radical (unpaired) electrons. The van der Waals surface area contributed by atoms with Gasteiger partial charge in [-0.1, -0.05) is 62.7 Å². The molecule has 2 aromatic rings. The van der Waals surface area contributed by atoms with E-state index in [0.717, 1.165) is 5.56 Å². The fourth-order valence-electron chi connectivity index (χ4n) is 2.35. The van der Waals surface area contributed by atoms with Crippen LogP contribution < -0.4 is 4.74 Å². The lowest BCUT2D eigenvalue weighted by atomic mass is 9.86. The van der Waals surface area contributed by atoms with Crippen molar-refractivity contribution < 1.29 is 14.6 Å². The molecule has 3 nitrogen and oxygen atoms in total. The Bertz CT molecular complexity index is 768. The molecule has 24 heavy (non-hydrogen) atoms. The van der Waals surface area contributed by atoms with Crippen LogP contribution in [0.1, 0.15) is 37.5 Å². The second kappa shape index (κ2) is 7.10. The first kappa shape index (κ1) is 18.1. The molecule has 0 saturated heterocycles. The summed E-state index contributed by atoms with van der Waals surface area (Å²) in [6.07, 6.45) is 1.65. The second-order valence-corrected chi connectivity index (χ2v) is 6.99. The van der Waals surface area contributed by atoms with Crippen LogP contribution in [-0.4, -0.2) is 18.2 Å². The van der Waals surface area contributed by atoms with Gasteiger partial charge >= 0.3 is 5.97 Å². The van der Waals surface area contributed by atoms with Gasteiger partial charge in [0.2, 0.25) is 0 Å². The zero-order chi connectivity index (χ0) is 17.9. The van der Waals surface area contributed by atoms with E-state index in [4.69, 9.17) is 16.3 Å². The van der Waals surface area contributed by atoms with Gasteiger partial charge in [0, 0.05) is 0 Å². The highest BCUT2D eigenvalue weighted by molar-refractivity contribution is 6.32. The Morgan fingerprint density at radius 3 is 2.21 bits per heavy atom. The summed E-state index contributed by atoms with van der Waals surface area (Å²) in [4.78, 5) is 11.7. The Balaban J connectivity index is 2.42. The molecule has 0 saturated carbocycles. The maximum absolute atomic E-state index is 11.7. The van der Waals surface area contributed by atoms with E-state index >= 15 is 0 Å². The molecule has 0 spiro atoms. The quantitative estimate of drug-likeness (QED) is 0.607. The first-order valence-electron chi connectivity index (χ1n) is 7.62. The summed E-state index contributed by atoms with van der Waals surface area (Å²) in [5, 5.41) is 9.93. The van der Waals surface area contributed by atoms with Crippen molar-refractivity contribution in [2.24, 2.45) is 0 Å². The Kier molecular flexibility index (Phi) is 5.35. The highest BCUT2D eigenvalue weighted by Gasteiger charge is 2.15. The Morgan fingerprint density at radius 1 is 1.12 bits per heavy atom. The van der Waals surface area contributed by atoms with Gasteiger partial charge in [0.05, 0.1) is 17.7 Å². The largest absolute Gasteiger partial charge is 0.495 e. The zero-order valence-corrected chi connectivity index (χ0v) is 15.0. The lowest BCUT2D eigenvalue weighted by Crippen LogP contribution is -2.10. The second-order valence-electron chi connectivity index (χ2n) is 6.58. The van der Waals surface area contributed by atoms with Gasteiger partial charge in [0.15, 0.2) is 0 Å². The summed E-state index contributed by atoms with van der Waals surface area (Å²) in [7, 11) is 1.52. The average Bonchev–Trinajstić information content (AvgIpc) is 2.52. The molecule has 1 N–H and O–H groups in total. The van der Waals surface area contributed by atoms with Crippen LogP contribution in [0.4, 0.5) is 0 Å². The van der Waals surface area contributed by atoms with Crippen molar-refractivity contribution in [3.63, 3.8) is 0 Å². The SMILES string of the molecule is COc1ccc(/C(=C/c2ccc(C(C)(C)C)cc2)C(=O)O)cc1Cl. The van der Waals surface area contributed by atoms with Gasteiger partial charge in [-0.05, 0) is 40.3 Å². The van der Waals surface area contributed by atoms with Crippen LogP contribution in [0.5, 0.6) is 5.75 Å². The molecule has 0 heterocycles. The highest BCUT2D eigenvalue weighted by Crippen LogP contribution is 2.29. The first-order valence-corrected chi connectivity index (χ1v) is 7.99. The molecule has 0 aliphatic rings. The maximum Gasteiger partial charge on any atom is 0.336 e. The van der Waals surface area contributed by atoms with Gasteiger partial charge in [-0.2, -0.15) is 0 Å². The van der Waals surface area contributed by atoms with Crippen LogP contribution in [0.3, 0.4) is 0 Å². The number of hydrogen-bond acceptors (Lipinski definition) is 2. The molecule has 2 rings (SSSR count). The number of rotatable bonds is 4. The van der Waals surface area contributed by atoms with Crippen molar-refractivity contribution >= 4 is 29.2 Å². The fourth-order valence-corrected chi connectivity index (χ4v) is 2.61. The Morgan fingerprint density at radius 2 is 1.75 bits per heavy atom. The molecule has 2 aromatic carbocycles. The van der Waals surface area contributed by atoms with Crippen LogP contribution in [0.15, 0.2) is 42.5 Å². The van der Waals surface area contributed by atoms with E-state index in [0.29, 0.717) is 16.3 Å². The first-order chi connectivity index (χ1) is 11.2. The number of carbonyl (C=O) groups is 1. The number of aliphatic carboxylic acids is 1. The van der Waals surface area contributed by atoms with E-state index in [1.807, 2.05) is 24.3 Å². The Hall–Kier alpha value is -2.26. The lowest BCUT2D eigenvalue weighted by molar-refractivity contribution is -0.130. The predicted octanol–water partition coefficient (Wildman–Crippen LogP) is 5.27. The summed E-state index contributed by atoms with van der Waals surface area (Å²) in [5.41, 5.74) is 2.80. The van der Waals surface area contributed by atoms with Crippen LogP contribution in [0.25, 0.3) is 11.6 Å². The number of ether oxygens (including phenoxy) is 1. The lowest BCUT2D eigenvalue weighted by Gasteiger charge is -2.18. The van der Waals surface area contributed by atoms with Crippen molar-refractivity contribution in [2.45, 2.75) is 26.2 Å². The number of carboxylic acid groups (broad SMARTS) is 1. The zero-order valence-electron chi connectivity index (χ0n) is 14.3. The van der Waals surface area contributed by atoms with Crippen molar-refractivity contribution in [3.8, 4) is 5.75 Å². The third-order valence-corrected chi connectivity index (χ3v) is 4.08. The van der Waals surface area contributed by atoms with E-state index < -0.39 is 5.97 Å². The molecular formula is C20H21ClO3. The normalized spacial score (nSPS) is 12.1. The Labute approximate surface area is 147 Å². The van der Waals surface area contributed by atoms with Gasteiger partial charge in [-0.15, -0.1) is 0 Å². The van der Waals surface area contributed by atoms with Crippen molar-refractivity contribution in [2.75, 3.05) is 7.11 Å². The van der Waals surface area contributed by atoms with E-state index in [9.17, 15) is 9.90 Å². The van der Waals surface area contributed by atoms with Gasteiger partial charge in [-0.25, -0.2) is 4.79 Å². The van der Waals surface area contributed by atoms with Crippen molar-refractivity contribution in [1.29, 1.82) is 0 Å². The molecule has 0 aliphatic carbocycles. The van der Waals surface area contributed by atoms with Gasteiger partial charge in [0.25, 0.3) is 0 Å². The predicted molar refractivity (Wildman–Crippen MR) is 98.7 cm³/mol.